The lowest BCUT2D eigenvalue weighted by Gasteiger charge is -2.37. The Kier molecular flexibility index (Phi) is 6.69. The number of piperidine rings is 1. The Labute approximate surface area is 99.8 Å². The Morgan fingerprint density at radius 3 is 2.94 bits per heavy atom. The van der Waals surface area contributed by atoms with Gasteiger partial charge in [0.2, 0.25) is 0 Å². The highest BCUT2D eigenvalue weighted by molar-refractivity contribution is 4.81. The van der Waals surface area contributed by atoms with E-state index in [0.717, 1.165) is 26.2 Å². The number of hydrogen-bond donors (Lipinski definition) is 1. The molecule has 0 radical (unpaired) electrons. The molecule has 0 saturated carbocycles. The number of likely N-dealkylation sites (tertiary alicyclic amines) is 1. The van der Waals surface area contributed by atoms with E-state index in [4.69, 9.17) is 4.74 Å². The van der Waals surface area contributed by atoms with E-state index in [0.29, 0.717) is 12.1 Å². The molecule has 1 aliphatic rings. The van der Waals surface area contributed by atoms with Crippen molar-refractivity contribution in [2.45, 2.75) is 38.3 Å². The van der Waals surface area contributed by atoms with E-state index < -0.39 is 0 Å². The molecule has 0 aliphatic carbocycles. The summed E-state index contributed by atoms with van der Waals surface area (Å²) in [5.41, 5.74) is 0. The molecule has 1 fully saturated rings. The third-order valence-corrected chi connectivity index (χ3v) is 3.41. The fourth-order valence-electron chi connectivity index (χ4n) is 2.27. The molecule has 0 aromatic heterocycles. The number of nitrogens with zero attached hydrogens (tertiary/aromatic N) is 1. The molecule has 0 amide bonds. The Bertz CT molecular complexity index is 196. The number of nitrogens with one attached hydrogen (secondary N) is 1. The lowest BCUT2D eigenvalue weighted by atomic mass is 9.99. The van der Waals surface area contributed by atoms with Gasteiger partial charge in [-0.05, 0) is 39.8 Å². The minimum absolute atomic E-state index is 0.675. The minimum Gasteiger partial charge on any atom is -0.380 e. The van der Waals surface area contributed by atoms with E-state index in [2.05, 4.69) is 30.8 Å². The zero-order valence-electron chi connectivity index (χ0n) is 10.7. The van der Waals surface area contributed by atoms with Crippen molar-refractivity contribution in [2.24, 2.45) is 0 Å². The maximum atomic E-state index is 5.55. The molecule has 0 aromatic carbocycles. The molecule has 0 bridgehead atoms. The van der Waals surface area contributed by atoms with Gasteiger partial charge in [-0.3, -0.25) is 4.90 Å². The van der Waals surface area contributed by atoms with Crippen molar-refractivity contribution in [1.82, 2.24) is 10.2 Å². The van der Waals surface area contributed by atoms with Gasteiger partial charge in [-0.25, -0.2) is 0 Å². The first-order valence-corrected chi connectivity index (χ1v) is 6.38. The highest BCUT2D eigenvalue weighted by atomic mass is 16.5. The van der Waals surface area contributed by atoms with Crippen LogP contribution in [0.4, 0.5) is 0 Å². The van der Waals surface area contributed by atoms with Crippen molar-refractivity contribution in [3.63, 3.8) is 0 Å². The van der Waals surface area contributed by atoms with Crippen molar-refractivity contribution in [2.75, 3.05) is 33.4 Å². The topological polar surface area (TPSA) is 24.5 Å². The Morgan fingerprint density at radius 1 is 1.50 bits per heavy atom. The quantitative estimate of drug-likeness (QED) is 0.528. The zero-order chi connectivity index (χ0) is 11.8. The monoisotopic (exact) mass is 226 g/mol. The summed E-state index contributed by atoms with van der Waals surface area (Å²) in [6, 6.07) is 1.38. The molecule has 16 heavy (non-hydrogen) atoms. The third kappa shape index (κ3) is 4.64. The van der Waals surface area contributed by atoms with Gasteiger partial charge in [-0.2, -0.15) is 0 Å². The van der Waals surface area contributed by atoms with Crippen LogP contribution >= 0.6 is 0 Å². The first-order chi connectivity index (χ1) is 7.77. The Morgan fingerprint density at radius 2 is 2.31 bits per heavy atom. The Hall–Kier alpha value is -0.380. The lowest BCUT2D eigenvalue weighted by Crippen LogP contribution is -2.47. The van der Waals surface area contributed by atoms with Gasteiger partial charge >= 0.3 is 0 Å². The van der Waals surface area contributed by atoms with E-state index in [1.54, 1.807) is 0 Å². The summed E-state index contributed by atoms with van der Waals surface area (Å²) in [5.74, 6) is 0. The van der Waals surface area contributed by atoms with Crippen LogP contribution in [0, 0.1) is 0 Å². The molecule has 94 valence electrons. The van der Waals surface area contributed by atoms with Crippen LogP contribution in [0.15, 0.2) is 12.7 Å². The van der Waals surface area contributed by atoms with Gasteiger partial charge in [0.05, 0.1) is 13.2 Å². The summed E-state index contributed by atoms with van der Waals surface area (Å²) in [7, 11) is 2.06. The average Bonchev–Trinajstić information content (AvgIpc) is 2.30. The molecule has 1 N–H and O–H groups in total. The maximum absolute atomic E-state index is 5.55. The molecule has 3 heteroatoms. The Balaban J connectivity index is 2.10. The van der Waals surface area contributed by atoms with Crippen LogP contribution in [0.25, 0.3) is 0 Å². The van der Waals surface area contributed by atoms with Crippen LogP contribution in [0.2, 0.25) is 0 Å². The SMILES string of the molecule is C=CCCOCCN1CCC(NC)CC1C. The van der Waals surface area contributed by atoms with Gasteiger partial charge in [0, 0.05) is 18.6 Å². The summed E-state index contributed by atoms with van der Waals surface area (Å²) in [6.07, 6.45) is 5.37. The van der Waals surface area contributed by atoms with Crippen LogP contribution in [0.3, 0.4) is 0 Å². The zero-order valence-corrected chi connectivity index (χ0v) is 10.7. The molecule has 2 unspecified atom stereocenters. The number of rotatable bonds is 7. The highest BCUT2D eigenvalue weighted by Crippen LogP contribution is 2.16. The first kappa shape index (κ1) is 13.7. The molecule has 1 saturated heterocycles. The standard InChI is InChI=1S/C13H26N2O/c1-4-5-9-16-10-8-15-7-6-13(14-3)11-12(15)2/h4,12-14H,1,5-11H2,2-3H3. The maximum Gasteiger partial charge on any atom is 0.0593 e. The second-order valence-corrected chi connectivity index (χ2v) is 4.58. The molecular weight excluding hydrogens is 200 g/mol. The van der Waals surface area contributed by atoms with E-state index in [1.165, 1.54) is 19.4 Å². The van der Waals surface area contributed by atoms with Gasteiger partial charge in [0.15, 0.2) is 0 Å². The highest BCUT2D eigenvalue weighted by Gasteiger charge is 2.23. The largest absolute Gasteiger partial charge is 0.380 e. The third-order valence-electron chi connectivity index (χ3n) is 3.41. The van der Waals surface area contributed by atoms with Crippen molar-refractivity contribution >= 4 is 0 Å². The summed E-state index contributed by atoms with van der Waals surface area (Å²) in [5, 5.41) is 3.37. The lowest BCUT2D eigenvalue weighted by molar-refractivity contribution is 0.0716. The van der Waals surface area contributed by atoms with E-state index in [-0.39, 0.29) is 0 Å². The van der Waals surface area contributed by atoms with Crippen molar-refractivity contribution in [3.05, 3.63) is 12.7 Å². The predicted octanol–water partition coefficient (Wildman–Crippen LogP) is 1.65. The average molecular weight is 226 g/mol. The molecule has 1 aliphatic heterocycles. The summed E-state index contributed by atoms with van der Waals surface area (Å²) >= 11 is 0. The molecular formula is C13H26N2O. The fraction of sp³-hybridized carbons (Fsp3) is 0.846. The van der Waals surface area contributed by atoms with Gasteiger partial charge in [0.25, 0.3) is 0 Å². The minimum atomic E-state index is 0.675. The predicted molar refractivity (Wildman–Crippen MR) is 68.7 cm³/mol. The second-order valence-electron chi connectivity index (χ2n) is 4.58. The first-order valence-electron chi connectivity index (χ1n) is 6.38. The smallest absolute Gasteiger partial charge is 0.0593 e. The molecule has 1 heterocycles. The van der Waals surface area contributed by atoms with Crippen molar-refractivity contribution in [3.8, 4) is 0 Å². The van der Waals surface area contributed by atoms with Crippen LogP contribution in [0.5, 0.6) is 0 Å². The van der Waals surface area contributed by atoms with E-state index in [9.17, 15) is 0 Å². The second kappa shape index (κ2) is 7.82. The molecule has 0 aromatic rings. The van der Waals surface area contributed by atoms with Crippen LogP contribution < -0.4 is 5.32 Å². The normalized spacial score (nSPS) is 26.9. The number of ether oxygens (including phenoxy) is 1. The molecule has 1 rings (SSSR count). The summed E-state index contributed by atoms with van der Waals surface area (Å²) in [6.45, 7) is 9.91. The fourth-order valence-corrected chi connectivity index (χ4v) is 2.27. The van der Waals surface area contributed by atoms with Crippen LogP contribution in [-0.2, 0) is 4.74 Å². The molecule has 0 spiro atoms. The molecule has 2 atom stereocenters. The van der Waals surface area contributed by atoms with Gasteiger partial charge in [-0.15, -0.1) is 6.58 Å². The van der Waals surface area contributed by atoms with Gasteiger partial charge in [0.1, 0.15) is 0 Å². The van der Waals surface area contributed by atoms with E-state index in [1.807, 2.05) is 6.08 Å². The van der Waals surface area contributed by atoms with Crippen molar-refractivity contribution in [1.29, 1.82) is 0 Å². The van der Waals surface area contributed by atoms with Gasteiger partial charge in [-0.1, -0.05) is 6.08 Å². The van der Waals surface area contributed by atoms with E-state index >= 15 is 0 Å². The summed E-state index contributed by atoms with van der Waals surface area (Å²) < 4.78 is 5.55. The van der Waals surface area contributed by atoms with Crippen molar-refractivity contribution < 1.29 is 4.74 Å². The van der Waals surface area contributed by atoms with Gasteiger partial charge < -0.3 is 10.1 Å². The molecule has 3 nitrogen and oxygen atoms in total. The summed E-state index contributed by atoms with van der Waals surface area (Å²) in [4.78, 5) is 2.53. The van der Waals surface area contributed by atoms with Crippen LogP contribution in [0.1, 0.15) is 26.2 Å². The van der Waals surface area contributed by atoms with Crippen LogP contribution in [-0.4, -0.2) is 50.3 Å². The number of hydrogen-bond acceptors (Lipinski definition) is 3.